The lowest BCUT2D eigenvalue weighted by atomic mass is 9.98. The number of fused-ring (bicyclic) bond motifs is 2. The lowest BCUT2D eigenvalue weighted by Crippen LogP contribution is -2.40. The number of rotatable bonds is 6. The summed E-state index contributed by atoms with van der Waals surface area (Å²) in [5, 5.41) is 2.04. The van der Waals surface area contributed by atoms with E-state index in [9.17, 15) is 8.42 Å². The van der Waals surface area contributed by atoms with Gasteiger partial charge in [-0.05, 0) is 41.1 Å². The SMILES string of the molecule is O=S(=O)(NCC(c1cccs1)N1CCc2ccccc2C1)c1ccc2c(c1)OCCO2. The van der Waals surface area contributed by atoms with Gasteiger partial charge in [0.2, 0.25) is 10.0 Å². The molecule has 1 N–H and O–H groups in total. The molecule has 0 radical (unpaired) electrons. The highest BCUT2D eigenvalue weighted by atomic mass is 32.2. The zero-order valence-electron chi connectivity index (χ0n) is 17.0. The molecule has 0 bridgehead atoms. The summed E-state index contributed by atoms with van der Waals surface area (Å²) < 4.78 is 40.0. The zero-order valence-corrected chi connectivity index (χ0v) is 18.6. The zero-order chi connectivity index (χ0) is 21.3. The minimum Gasteiger partial charge on any atom is -0.486 e. The molecular weight excluding hydrogens is 432 g/mol. The summed E-state index contributed by atoms with van der Waals surface area (Å²) in [4.78, 5) is 3.70. The fourth-order valence-electron chi connectivity index (χ4n) is 4.14. The van der Waals surface area contributed by atoms with E-state index in [1.807, 2.05) is 11.4 Å². The number of nitrogens with one attached hydrogen (secondary N) is 1. The molecule has 0 saturated carbocycles. The van der Waals surface area contributed by atoms with Crippen molar-refractivity contribution < 1.29 is 17.9 Å². The Morgan fingerprint density at radius 1 is 1.00 bits per heavy atom. The maximum atomic E-state index is 13.1. The van der Waals surface area contributed by atoms with Gasteiger partial charge in [0.05, 0.1) is 10.9 Å². The van der Waals surface area contributed by atoms with Crippen molar-refractivity contribution in [3.63, 3.8) is 0 Å². The number of thiophene rings is 1. The highest BCUT2D eigenvalue weighted by molar-refractivity contribution is 7.89. The summed E-state index contributed by atoms with van der Waals surface area (Å²) in [6.07, 6.45) is 0.965. The van der Waals surface area contributed by atoms with Gasteiger partial charge in [-0.25, -0.2) is 13.1 Å². The summed E-state index contributed by atoms with van der Waals surface area (Å²) in [5.74, 6) is 1.05. The van der Waals surface area contributed by atoms with Crippen LogP contribution in [0.15, 0.2) is 64.9 Å². The number of hydrogen-bond donors (Lipinski definition) is 1. The quantitative estimate of drug-likeness (QED) is 0.614. The number of benzene rings is 2. The van der Waals surface area contributed by atoms with Crippen molar-refractivity contribution in [3.05, 3.63) is 76.0 Å². The third-order valence-electron chi connectivity index (χ3n) is 5.76. The van der Waals surface area contributed by atoms with Gasteiger partial charge in [-0.3, -0.25) is 4.90 Å². The highest BCUT2D eigenvalue weighted by Gasteiger charge is 2.28. The molecule has 5 rings (SSSR count). The molecule has 0 saturated heterocycles. The monoisotopic (exact) mass is 456 g/mol. The molecule has 0 amide bonds. The molecule has 1 atom stereocenters. The molecule has 1 unspecified atom stereocenters. The van der Waals surface area contributed by atoms with Gasteiger partial charge < -0.3 is 9.47 Å². The van der Waals surface area contributed by atoms with Crippen LogP contribution in [0.4, 0.5) is 0 Å². The minimum atomic E-state index is -3.69. The van der Waals surface area contributed by atoms with Crippen LogP contribution >= 0.6 is 11.3 Å². The average Bonchev–Trinajstić information content (AvgIpc) is 3.33. The standard InChI is InChI=1S/C23H24N2O4S2/c26-31(27,19-7-8-21-22(14-19)29-12-11-28-21)24-15-20(23-6-3-13-30-23)25-10-9-17-4-1-2-5-18(17)16-25/h1-8,13-14,20,24H,9-12,15-16H2. The molecule has 3 aromatic rings. The van der Waals surface area contributed by atoms with Crippen molar-refractivity contribution >= 4 is 21.4 Å². The van der Waals surface area contributed by atoms with Gasteiger partial charge in [-0.1, -0.05) is 30.3 Å². The molecule has 8 heteroatoms. The molecule has 162 valence electrons. The maximum Gasteiger partial charge on any atom is 0.240 e. The summed E-state index contributed by atoms with van der Waals surface area (Å²) in [5.41, 5.74) is 2.69. The van der Waals surface area contributed by atoms with Gasteiger partial charge in [0, 0.05) is 30.6 Å². The first kappa shape index (κ1) is 20.5. The first-order valence-electron chi connectivity index (χ1n) is 10.3. The number of nitrogens with zero attached hydrogens (tertiary/aromatic N) is 1. The van der Waals surface area contributed by atoms with Crippen LogP contribution in [-0.2, 0) is 23.0 Å². The molecule has 2 aliphatic heterocycles. The van der Waals surface area contributed by atoms with Crippen molar-refractivity contribution in [2.24, 2.45) is 0 Å². The summed E-state index contributed by atoms with van der Waals surface area (Å²) in [6, 6.07) is 17.3. The van der Waals surface area contributed by atoms with Crippen LogP contribution in [0.5, 0.6) is 11.5 Å². The number of ether oxygens (including phenoxy) is 2. The molecule has 6 nitrogen and oxygen atoms in total. The highest BCUT2D eigenvalue weighted by Crippen LogP contribution is 2.33. The molecule has 31 heavy (non-hydrogen) atoms. The van der Waals surface area contributed by atoms with Crippen molar-refractivity contribution in [2.75, 3.05) is 26.3 Å². The van der Waals surface area contributed by atoms with Crippen LogP contribution in [0, 0.1) is 0 Å². The largest absolute Gasteiger partial charge is 0.486 e. The maximum absolute atomic E-state index is 13.1. The Kier molecular flexibility index (Phi) is 5.71. The molecule has 0 aliphatic carbocycles. The Labute approximate surface area is 186 Å². The molecule has 0 spiro atoms. The van der Waals surface area contributed by atoms with E-state index in [4.69, 9.17) is 9.47 Å². The second kappa shape index (κ2) is 8.63. The van der Waals surface area contributed by atoms with Crippen LogP contribution in [0.25, 0.3) is 0 Å². The van der Waals surface area contributed by atoms with Crippen molar-refractivity contribution in [1.82, 2.24) is 9.62 Å². The first-order chi connectivity index (χ1) is 15.1. The van der Waals surface area contributed by atoms with Gasteiger partial charge in [0.25, 0.3) is 0 Å². The smallest absolute Gasteiger partial charge is 0.240 e. The second-order valence-electron chi connectivity index (χ2n) is 7.68. The van der Waals surface area contributed by atoms with Crippen molar-refractivity contribution in [3.8, 4) is 11.5 Å². The molecule has 2 aliphatic rings. The third kappa shape index (κ3) is 4.34. The minimum absolute atomic E-state index is 0.0275. The average molecular weight is 457 g/mol. The van der Waals surface area contributed by atoms with Gasteiger partial charge in [0.15, 0.2) is 11.5 Å². The topological polar surface area (TPSA) is 67.9 Å². The van der Waals surface area contributed by atoms with E-state index < -0.39 is 10.0 Å². The third-order valence-corrected chi connectivity index (χ3v) is 8.16. The van der Waals surface area contributed by atoms with E-state index in [1.54, 1.807) is 23.5 Å². The van der Waals surface area contributed by atoms with E-state index in [1.165, 1.54) is 17.2 Å². The van der Waals surface area contributed by atoms with Gasteiger partial charge in [0.1, 0.15) is 13.2 Å². The fourth-order valence-corrected chi connectivity index (χ4v) is 6.05. The molecule has 2 aromatic carbocycles. The van der Waals surface area contributed by atoms with Crippen LogP contribution in [0.1, 0.15) is 22.0 Å². The Morgan fingerprint density at radius 2 is 1.81 bits per heavy atom. The number of sulfonamides is 1. The molecule has 3 heterocycles. The first-order valence-corrected chi connectivity index (χ1v) is 12.7. The van der Waals surface area contributed by atoms with Gasteiger partial charge >= 0.3 is 0 Å². The molecule has 1 aromatic heterocycles. The number of hydrogen-bond acceptors (Lipinski definition) is 6. The van der Waals surface area contributed by atoms with Crippen LogP contribution in [0.2, 0.25) is 0 Å². The van der Waals surface area contributed by atoms with Crippen LogP contribution in [0.3, 0.4) is 0 Å². The predicted octanol–water partition coefficient (Wildman–Crippen LogP) is 3.60. The van der Waals surface area contributed by atoms with E-state index in [2.05, 4.69) is 40.0 Å². The van der Waals surface area contributed by atoms with Gasteiger partial charge in [-0.15, -0.1) is 11.3 Å². The van der Waals surface area contributed by atoms with E-state index >= 15 is 0 Å². The Hall–Kier alpha value is -2.39. The summed E-state index contributed by atoms with van der Waals surface area (Å²) in [6.45, 7) is 2.90. The van der Waals surface area contributed by atoms with Gasteiger partial charge in [-0.2, -0.15) is 0 Å². The van der Waals surface area contributed by atoms with Crippen LogP contribution < -0.4 is 14.2 Å². The fraction of sp³-hybridized carbons (Fsp3) is 0.304. The van der Waals surface area contributed by atoms with E-state index in [0.29, 0.717) is 31.3 Å². The normalized spacial score (nSPS) is 17.2. The Morgan fingerprint density at radius 3 is 2.61 bits per heavy atom. The van der Waals surface area contributed by atoms with Crippen LogP contribution in [-0.4, -0.2) is 39.6 Å². The Balaban J connectivity index is 1.36. The van der Waals surface area contributed by atoms with E-state index in [-0.39, 0.29) is 10.9 Å². The van der Waals surface area contributed by atoms with E-state index in [0.717, 1.165) is 24.4 Å². The second-order valence-corrected chi connectivity index (χ2v) is 10.4. The van der Waals surface area contributed by atoms with Crippen molar-refractivity contribution in [1.29, 1.82) is 0 Å². The summed E-state index contributed by atoms with van der Waals surface area (Å²) >= 11 is 1.66. The lowest BCUT2D eigenvalue weighted by molar-refractivity contribution is 0.171. The molecular formula is C23H24N2O4S2. The molecule has 0 fully saturated rings. The van der Waals surface area contributed by atoms with Crippen molar-refractivity contribution in [2.45, 2.75) is 23.9 Å². The Bertz CT molecular complexity index is 1160. The summed E-state index contributed by atoms with van der Waals surface area (Å²) in [7, 11) is -3.69. The predicted molar refractivity (Wildman–Crippen MR) is 120 cm³/mol. The lowest BCUT2D eigenvalue weighted by Gasteiger charge is -2.35.